The number of benzene rings is 1. The molecule has 2 nitrogen and oxygen atoms in total. The number of hydrogen-bond acceptors (Lipinski definition) is 2. The third-order valence-electron chi connectivity index (χ3n) is 2.25. The van der Waals surface area contributed by atoms with Gasteiger partial charge in [0.1, 0.15) is 0 Å². The highest BCUT2D eigenvalue weighted by atomic mass is 16.5. The molecule has 1 aromatic carbocycles. The van der Waals surface area contributed by atoms with Crippen LogP contribution in [0.5, 0.6) is 11.5 Å². The van der Waals surface area contributed by atoms with Gasteiger partial charge in [0.2, 0.25) is 0 Å². The zero-order valence-electron chi connectivity index (χ0n) is 7.08. The first-order chi connectivity index (χ1) is 5.81. The number of phenolic OH excluding ortho intramolecular Hbond substituents is 1. The summed E-state index contributed by atoms with van der Waals surface area (Å²) in [5, 5.41) is 9.31. The molecule has 1 aliphatic rings. The largest absolute Gasteiger partial charge is 0.504 e. The molecule has 0 saturated heterocycles. The zero-order valence-corrected chi connectivity index (χ0v) is 7.08. The van der Waals surface area contributed by atoms with Crippen molar-refractivity contribution in [3.05, 3.63) is 23.8 Å². The van der Waals surface area contributed by atoms with Crippen LogP contribution in [0.1, 0.15) is 24.3 Å². The molecule has 0 bridgehead atoms. The van der Waals surface area contributed by atoms with E-state index in [9.17, 15) is 5.11 Å². The van der Waals surface area contributed by atoms with Crippen molar-refractivity contribution >= 4 is 0 Å². The Bertz CT molecular complexity index is 290. The molecule has 0 radical (unpaired) electrons. The normalized spacial score (nSPS) is 16.1. The highest BCUT2D eigenvalue weighted by molar-refractivity contribution is 5.43. The Kier molecular flexibility index (Phi) is 1.68. The fraction of sp³-hybridized carbons (Fsp3) is 0.400. The molecule has 2 heteroatoms. The first-order valence-corrected chi connectivity index (χ1v) is 4.18. The van der Waals surface area contributed by atoms with Gasteiger partial charge in [0.05, 0.1) is 7.11 Å². The molecule has 1 aliphatic carbocycles. The molecule has 0 atom stereocenters. The summed E-state index contributed by atoms with van der Waals surface area (Å²) in [4.78, 5) is 0. The lowest BCUT2D eigenvalue weighted by molar-refractivity contribution is 0.373. The summed E-state index contributed by atoms with van der Waals surface area (Å²) in [6, 6.07) is 5.59. The molecular weight excluding hydrogens is 152 g/mol. The van der Waals surface area contributed by atoms with Crippen LogP contribution in [-0.4, -0.2) is 12.2 Å². The van der Waals surface area contributed by atoms with Crippen LogP contribution in [0.3, 0.4) is 0 Å². The van der Waals surface area contributed by atoms with Gasteiger partial charge in [-0.3, -0.25) is 0 Å². The molecule has 0 unspecified atom stereocenters. The van der Waals surface area contributed by atoms with Gasteiger partial charge in [-0.25, -0.2) is 0 Å². The second-order valence-corrected chi connectivity index (χ2v) is 3.21. The number of aromatic hydroxyl groups is 1. The van der Waals surface area contributed by atoms with E-state index < -0.39 is 0 Å². The van der Waals surface area contributed by atoms with Gasteiger partial charge in [-0.1, -0.05) is 6.07 Å². The summed E-state index contributed by atoms with van der Waals surface area (Å²) in [6.07, 6.45) is 2.54. The van der Waals surface area contributed by atoms with E-state index in [4.69, 9.17) is 4.74 Å². The standard InChI is InChI=1S/C10H12O2/c1-12-10-6-8(7-2-3-7)4-5-9(10)11/h4-7,11H,2-3H2,1H3. The minimum absolute atomic E-state index is 0.224. The minimum Gasteiger partial charge on any atom is -0.504 e. The van der Waals surface area contributed by atoms with Gasteiger partial charge in [0.15, 0.2) is 11.5 Å². The third-order valence-corrected chi connectivity index (χ3v) is 2.25. The molecule has 0 aliphatic heterocycles. The van der Waals surface area contributed by atoms with E-state index >= 15 is 0 Å². The van der Waals surface area contributed by atoms with E-state index in [0.29, 0.717) is 11.7 Å². The van der Waals surface area contributed by atoms with Gasteiger partial charge in [-0.2, -0.15) is 0 Å². The first kappa shape index (κ1) is 7.47. The molecule has 0 aromatic heterocycles. The number of hydrogen-bond donors (Lipinski definition) is 1. The maximum absolute atomic E-state index is 9.31. The third kappa shape index (κ3) is 1.24. The Labute approximate surface area is 71.8 Å². The quantitative estimate of drug-likeness (QED) is 0.726. The zero-order chi connectivity index (χ0) is 8.55. The minimum atomic E-state index is 0.224. The summed E-state index contributed by atoms with van der Waals surface area (Å²) in [5.74, 6) is 1.51. The summed E-state index contributed by atoms with van der Waals surface area (Å²) in [6.45, 7) is 0. The van der Waals surface area contributed by atoms with Crippen LogP contribution in [0.4, 0.5) is 0 Å². The van der Waals surface area contributed by atoms with E-state index in [1.54, 1.807) is 13.2 Å². The number of methoxy groups -OCH3 is 1. The van der Waals surface area contributed by atoms with Gasteiger partial charge < -0.3 is 9.84 Å². The summed E-state index contributed by atoms with van der Waals surface area (Å²) in [7, 11) is 1.58. The van der Waals surface area contributed by atoms with E-state index in [2.05, 4.69) is 0 Å². The number of rotatable bonds is 2. The smallest absolute Gasteiger partial charge is 0.160 e. The molecule has 1 saturated carbocycles. The highest BCUT2D eigenvalue weighted by Gasteiger charge is 2.24. The van der Waals surface area contributed by atoms with Gasteiger partial charge in [-0.15, -0.1) is 0 Å². The van der Waals surface area contributed by atoms with Crippen LogP contribution in [0.15, 0.2) is 18.2 Å². The van der Waals surface area contributed by atoms with Crippen molar-refractivity contribution in [1.29, 1.82) is 0 Å². The summed E-state index contributed by atoms with van der Waals surface area (Å²) in [5.41, 5.74) is 1.28. The van der Waals surface area contributed by atoms with Crippen molar-refractivity contribution in [3.63, 3.8) is 0 Å². The lowest BCUT2D eigenvalue weighted by Crippen LogP contribution is -1.86. The fourth-order valence-corrected chi connectivity index (χ4v) is 1.36. The van der Waals surface area contributed by atoms with Crippen LogP contribution >= 0.6 is 0 Å². The van der Waals surface area contributed by atoms with Crippen molar-refractivity contribution in [2.24, 2.45) is 0 Å². The Morgan fingerprint density at radius 2 is 2.17 bits per heavy atom. The topological polar surface area (TPSA) is 29.5 Å². The van der Waals surface area contributed by atoms with Gasteiger partial charge in [0.25, 0.3) is 0 Å². The lowest BCUT2D eigenvalue weighted by Gasteiger charge is -2.04. The lowest BCUT2D eigenvalue weighted by atomic mass is 10.1. The van der Waals surface area contributed by atoms with E-state index in [1.165, 1.54) is 18.4 Å². The van der Waals surface area contributed by atoms with E-state index in [-0.39, 0.29) is 5.75 Å². The van der Waals surface area contributed by atoms with Crippen LogP contribution in [0.2, 0.25) is 0 Å². The van der Waals surface area contributed by atoms with Crippen LogP contribution in [0, 0.1) is 0 Å². The van der Waals surface area contributed by atoms with Crippen LogP contribution in [-0.2, 0) is 0 Å². The molecule has 0 spiro atoms. The fourth-order valence-electron chi connectivity index (χ4n) is 1.36. The molecule has 1 N–H and O–H groups in total. The molecule has 12 heavy (non-hydrogen) atoms. The maximum Gasteiger partial charge on any atom is 0.160 e. The molecular formula is C10H12O2. The highest BCUT2D eigenvalue weighted by Crippen LogP contribution is 2.42. The Balaban J connectivity index is 2.33. The average Bonchev–Trinajstić information content (AvgIpc) is 2.88. The molecule has 1 fully saturated rings. The van der Waals surface area contributed by atoms with E-state index in [0.717, 1.165) is 0 Å². The van der Waals surface area contributed by atoms with Gasteiger partial charge in [-0.05, 0) is 36.5 Å². The second-order valence-electron chi connectivity index (χ2n) is 3.21. The van der Waals surface area contributed by atoms with Crippen LogP contribution in [0.25, 0.3) is 0 Å². The predicted molar refractivity (Wildman–Crippen MR) is 46.6 cm³/mol. The molecule has 0 amide bonds. The molecule has 2 rings (SSSR count). The molecule has 64 valence electrons. The van der Waals surface area contributed by atoms with Crippen molar-refractivity contribution < 1.29 is 9.84 Å². The van der Waals surface area contributed by atoms with Gasteiger partial charge in [0, 0.05) is 0 Å². The second kappa shape index (κ2) is 2.70. The van der Waals surface area contributed by atoms with Crippen LogP contribution < -0.4 is 4.74 Å². The Hall–Kier alpha value is -1.18. The Morgan fingerprint density at radius 1 is 1.42 bits per heavy atom. The van der Waals surface area contributed by atoms with Crippen molar-refractivity contribution in [1.82, 2.24) is 0 Å². The van der Waals surface area contributed by atoms with Gasteiger partial charge >= 0.3 is 0 Å². The Morgan fingerprint density at radius 3 is 2.75 bits per heavy atom. The predicted octanol–water partition coefficient (Wildman–Crippen LogP) is 2.28. The first-order valence-electron chi connectivity index (χ1n) is 4.18. The number of phenols is 1. The molecule has 1 aromatic rings. The van der Waals surface area contributed by atoms with Crippen molar-refractivity contribution in [2.75, 3.05) is 7.11 Å². The monoisotopic (exact) mass is 164 g/mol. The maximum atomic E-state index is 9.31. The van der Waals surface area contributed by atoms with Crippen molar-refractivity contribution in [3.8, 4) is 11.5 Å². The van der Waals surface area contributed by atoms with E-state index in [1.807, 2.05) is 12.1 Å². The molecule has 0 heterocycles. The average molecular weight is 164 g/mol. The SMILES string of the molecule is COc1cc(C2CC2)ccc1O. The summed E-state index contributed by atoms with van der Waals surface area (Å²) < 4.78 is 5.01. The number of ether oxygens (including phenoxy) is 1. The summed E-state index contributed by atoms with van der Waals surface area (Å²) >= 11 is 0. The van der Waals surface area contributed by atoms with Crippen molar-refractivity contribution in [2.45, 2.75) is 18.8 Å².